The summed E-state index contributed by atoms with van der Waals surface area (Å²) in [5.41, 5.74) is 0.212. The highest BCUT2D eigenvalue weighted by atomic mass is 32.2. The Balaban J connectivity index is 2.31. The maximum Gasteiger partial charge on any atom is 0.251 e. The SMILES string of the molecule is CCN(CC)S(=O)(=O)c1cc(C(=O)NCc2n[nH]c(=S)n2CC)ccc1OC. The molecule has 154 valence electrons. The molecule has 0 unspecified atom stereocenters. The lowest BCUT2D eigenvalue weighted by Gasteiger charge is -2.20. The number of nitrogens with one attached hydrogen (secondary N) is 2. The van der Waals surface area contributed by atoms with Crippen LogP contribution in [0.3, 0.4) is 0 Å². The molecule has 9 nitrogen and oxygen atoms in total. The van der Waals surface area contributed by atoms with Gasteiger partial charge in [-0.2, -0.15) is 9.40 Å². The van der Waals surface area contributed by atoms with Crippen molar-refractivity contribution in [2.45, 2.75) is 38.8 Å². The molecule has 0 atom stereocenters. The van der Waals surface area contributed by atoms with Crippen molar-refractivity contribution in [1.29, 1.82) is 0 Å². The Hall–Kier alpha value is -2.24. The molecule has 1 aromatic carbocycles. The van der Waals surface area contributed by atoms with Crippen LogP contribution in [0, 0.1) is 4.77 Å². The lowest BCUT2D eigenvalue weighted by molar-refractivity contribution is 0.0949. The summed E-state index contributed by atoms with van der Waals surface area (Å²) in [6.45, 7) is 6.84. The normalized spacial score (nSPS) is 11.6. The van der Waals surface area contributed by atoms with E-state index < -0.39 is 15.9 Å². The second kappa shape index (κ2) is 9.30. The number of methoxy groups -OCH3 is 1. The van der Waals surface area contributed by atoms with Crippen molar-refractivity contribution in [3.8, 4) is 5.75 Å². The number of hydrogen-bond acceptors (Lipinski definition) is 6. The summed E-state index contributed by atoms with van der Waals surface area (Å²) in [4.78, 5) is 12.5. The summed E-state index contributed by atoms with van der Waals surface area (Å²) >= 11 is 5.13. The van der Waals surface area contributed by atoms with Gasteiger partial charge in [-0.3, -0.25) is 9.89 Å². The molecule has 2 aromatic rings. The molecule has 1 heterocycles. The second-order valence-corrected chi connectivity index (χ2v) is 8.12. The van der Waals surface area contributed by atoms with E-state index in [-0.39, 0.29) is 22.8 Å². The number of carbonyl (C=O) groups is 1. The molecule has 0 spiro atoms. The van der Waals surface area contributed by atoms with Crippen molar-refractivity contribution >= 4 is 28.1 Å². The third-order valence-electron chi connectivity index (χ3n) is 4.31. The molecule has 0 fully saturated rings. The van der Waals surface area contributed by atoms with Crippen LogP contribution in [0.15, 0.2) is 23.1 Å². The van der Waals surface area contributed by atoms with Crippen LogP contribution in [0.1, 0.15) is 37.0 Å². The number of rotatable bonds is 9. The Morgan fingerprint density at radius 2 is 2.00 bits per heavy atom. The van der Waals surface area contributed by atoms with E-state index >= 15 is 0 Å². The van der Waals surface area contributed by atoms with Gasteiger partial charge in [-0.1, -0.05) is 13.8 Å². The quantitative estimate of drug-likeness (QED) is 0.592. The van der Waals surface area contributed by atoms with E-state index in [0.29, 0.717) is 30.2 Å². The number of aromatic nitrogens is 3. The average molecular weight is 428 g/mol. The third-order valence-corrected chi connectivity index (χ3v) is 6.69. The van der Waals surface area contributed by atoms with Gasteiger partial charge < -0.3 is 14.6 Å². The van der Waals surface area contributed by atoms with E-state index in [2.05, 4.69) is 15.5 Å². The molecule has 0 saturated carbocycles. The van der Waals surface area contributed by atoms with Crippen LogP contribution < -0.4 is 10.1 Å². The minimum atomic E-state index is -3.78. The Morgan fingerprint density at radius 1 is 1.32 bits per heavy atom. The zero-order valence-corrected chi connectivity index (χ0v) is 18.0. The largest absolute Gasteiger partial charge is 0.495 e. The van der Waals surface area contributed by atoms with Crippen LogP contribution in [0.4, 0.5) is 0 Å². The highest BCUT2D eigenvalue weighted by Gasteiger charge is 2.26. The Labute approximate surface area is 169 Å². The molecular weight excluding hydrogens is 402 g/mol. The highest BCUT2D eigenvalue weighted by Crippen LogP contribution is 2.27. The van der Waals surface area contributed by atoms with Gasteiger partial charge in [0.2, 0.25) is 10.0 Å². The van der Waals surface area contributed by atoms with Crippen LogP contribution in [-0.2, 0) is 23.1 Å². The molecule has 2 N–H and O–H groups in total. The van der Waals surface area contributed by atoms with Gasteiger partial charge >= 0.3 is 0 Å². The number of carbonyl (C=O) groups excluding carboxylic acids is 1. The first kappa shape index (κ1) is 22.1. The summed E-state index contributed by atoms with van der Waals surface area (Å²) in [5, 5.41) is 9.51. The van der Waals surface area contributed by atoms with Crippen molar-refractivity contribution in [2.75, 3.05) is 20.2 Å². The smallest absolute Gasteiger partial charge is 0.251 e. The number of ether oxygens (including phenoxy) is 1. The lowest BCUT2D eigenvalue weighted by atomic mass is 10.2. The number of amides is 1. The maximum absolute atomic E-state index is 12.9. The fraction of sp³-hybridized carbons (Fsp3) is 0.471. The van der Waals surface area contributed by atoms with Gasteiger partial charge in [-0.25, -0.2) is 8.42 Å². The number of benzene rings is 1. The van der Waals surface area contributed by atoms with Gasteiger partial charge in [0.05, 0.1) is 13.7 Å². The standard InChI is InChI=1S/C17H25N5O4S2/c1-5-21(6-2)28(24,25)14-10-12(8-9-13(14)26-4)16(23)18-11-15-19-20-17(27)22(15)7-3/h8-10H,5-7,11H2,1-4H3,(H,18,23)(H,20,27). The summed E-state index contributed by atoms with van der Waals surface area (Å²) in [5.74, 6) is 0.357. The second-order valence-electron chi connectivity index (χ2n) is 5.83. The van der Waals surface area contributed by atoms with Gasteiger partial charge in [0.1, 0.15) is 10.6 Å². The summed E-state index contributed by atoms with van der Waals surface area (Å²) in [6, 6.07) is 4.33. The number of aromatic amines is 1. The molecule has 11 heteroatoms. The van der Waals surface area contributed by atoms with Gasteiger partial charge in [0, 0.05) is 25.2 Å². The first-order valence-electron chi connectivity index (χ1n) is 8.90. The van der Waals surface area contributed by atoms with Gasteiger partial charge in [0.15, 0.2) is 10.6 Å². The molecule has 0 bridgehead atoms. The van der Waals surface area contributed by atoms with E-state index in [1.165, 1.54) is 29.6 Å². The van der Waals surface area contributed by atoms with Crippen LogP contribution in [0.2, 0.25) is 0 Å². The maximum atomic E-state index is 12.9. The van der Waals surface area contributed by atoms with E-state index in [1.54, 1.807) is 18.4 Å². The molecule has 0 radical (unpaired) electrons. The van der Waals surface area contributed by atoms with Gasteiger partial charge in [-0.15, -0.1) is 0 Å². The first-order chi connectivity index (χ1) is 13.3. The molecule has 0 aliphatic heterocycles. The zero-order chi connectivity index (χ0) is 20.9. The van der Waals surface area contributed by atoms with E-state index in [4.69, 9.17) is 17.0 Å². The number of H-pyrrole nitrogens is 1. The Morgan fingerprint density at radius 3 is 2.57 bits per heavy atom. The molecule has 0 aliphatic carbocycles. The minimum absolute atomic E-state index is 0.0393. The fourth-order valence-corrected chi connectivity index (χ4v) is 4.71. The molecule has 1 aromatic heterocycles. The monoisotopic (exact) mass is 427 g/mol. The summed E-state index contributed by atoms with van der Waals surface area (Å²) in [7, 11) is -2.39. The Kier molecular flexibility index (Phi) is 7.33. The average Bonchev–Trinajstić information content (AvgIpc) is 3.05. The topological polar surface area (TPSA) is 109 Å². The molecule has 0 saturated heterocycles. The van der Waals surface area contributed by atoms with Crippen LogP contribution in [0.5, 0.6) is 5.75 Å². The predicted molar refractivity (Wildman–Crippen MR) is 107 cm³/mol. The molecule has 1 amide bonds. The third kappa shape index (κ3) is 4.42. The van der Waals surface area contributed by atoms with E-state index in [0.717, 1.165) is 0 Å². The van der Waals surface area contributed by atoms with Crippen molar-refractivity contribution in [3.05, 3.63) is 34.4 Å². The molecule has 0 aliphatic rings. The van der Waals surface area contributed by atoms with Gasteiger partial charge in [-0.05, 0) is 37.3 Å². The lowest BCUT2D eigenvalue weighted by Crippen LogP contribution is -2.31. The number of sulfonamides is 1. The van der Waals surface area contributed by atoms with Crippen molar-refractivity contribution < 1.29 is 17.9 Å². The van der Waals surface area contributed by atoms with E-state index in [9.17, 15) is 13.2 Å². The van der Waals surface area contributed by atoms with Crippen LogP contribution in [0.25, 0.3) is 0 Å². The highest BCUT2D eigenvalue weighted by molar-refractivity contribution is 7.89. The molecule has 28 heavy (non-hydrogen) atoms. The molecular formula is C17H25N5O4S2. The van der Waals surface area contributed by atoms with Crippen molar-refractivity contribution in [1.82, 2.24) is 24.4 Å². The first-order valence-corrected chi connectivity index (χ1v) is 10.7. The number of hydrogen-bond donors (Lipinski definition) is 2. The number of nitrogens with zero attached hydrogens (tertiary/aromatic N) is 3. The van der Waals surface area contributed by atoms with Crippen LogP contribution >= 0.6 is 12.2 Å². The van der Waals surface area contributed by atoms with Crippen LogP contribution in [-0.4, -0.2) is 53.6 Å². The van der Waals surface area contributed by atoms with Gasteiger partial charge in [0.25, 0.3) is 5.91 Å². The van der Waals surface area contributed by atoms with Crippen molar-refractivity contribution in [3.63, 3.8) is 0 Å². The van der Waals surface area contributed by atoms with Crippen molar-refractivity contribution in [2.24, 2.45) is 0 Å². The Bertz CT molecular complexity index is 993. The summed E-state index contributed by atoms with van der Waals surface area (Å²) < 4.78 is 34.6. The molecule has 2 rings (SSSR count). The fourth-order valence-electron chi connectivity index (χ4n) is 2.79. The summed E-state index contributed by atoms with van der Waals surface area (Å²) in [6.07, 6.45) is 0. The predicted octanol–water partition coefficient (Wildman–Crippen LogP) is 1.93. The minimum Gasteiger partial charge on any atom is -0.495 e. The van der Waals surface area contributed by atoms with E-state index in [1.807, 2.05) is 6.92 Å². The zero-order valence-electron chi connectivity index (χ0n) is 16.4.